The van der Waals surface area contributed by atoms with Gasteiger partial charge < -0.3 is 10.4 Å². The van der Waals surface area contributed by atoms with Crippen molar-refractivity contribution in [1.29, 1.82) is 0 Å². The Hall–Kier alpha value is -1.02. The third-order valence-corrected chi connectivity index (χ3v) is 2.85. The van der Waals surface area contributed by atoms with E-state index >= 15 is 0 Å². The molecule has 1 atom stereocenters. The first-order chi connectivity index (χ1) is 7.76. The molecule has 2 nitrogen and oxygen atoms in total. The summed E-state index contributed by atoms with van der Waals surface area (Å²) in [4.78, 5) is 0. The zero-order chi connectivity index (χ0) is 11.8. The lowest BCUT2D eigenvalue weighted by Crippen LogP contribution is -2.29. The van der Waals surface area contributed by atoms with Crippen LogP contribution >= 0.6 is 0 Å². The summed E-state index contributed by atoms with van der Waals surface area (Å²) in [6.07, 6.45) is 4.73. The zero-order valence-electron chi connectivity index (χ0n) is 10.4. The van der Waals surface area contributed by atoms with E-state index in [-0.39, 0.29) is 0 Å². The number of aryl methyl sites for hydroxylation is 1. The summed E-state index contributed by atoms with van der Waals surface area (Å²) >= 11 is 0. The van der Waals surface area contributed by atoms with Gasteiger partial charge in [0.2, 0.25) is 0 Å². The molecule has 0 aliphatic rings. The Balaban J connectivity index is 2.38. The number of rotatable bonds is 7. The number of phenolic OH excluding ortho intramolecular Hbond substituents is 1. The summed E-state index contributed by atoms with van der Waals surface area (Å²) in [6, 6.07) is 8.16. The highest BCUT2D eigenvalue weighted by Crippen LogP contribution is 2.13. The molecule has 0 fully saturated rings. The predicted octanol–water partition coefficient (Wildman–Crippen LogP) is 3.10. The molecule has 90 valence electrons. The summed E-state index contributed by atoms with van der Waals surface area (Å²) in [5, 5.41) is 12.7. The van der Waals surface area contributed by atoms with E-state index in [0.717, 1.165) is 13.0 Å². The molecule has 0 saturated heterocycles. The van der Waals surface area contributed by atoms with Gasteiger partial charge in [-0.3, -0.25) is 0 Å². The molecule has 0 aromatic heterocycles. The van der Waals surface area contributed by atoms with Crippen LogP contribution in [0.2, 0.25) is 0 Å². The van der Waals surface area contributed by atoms with Crippen LogP contribution in [-0.4, -0.2) is 17.7 Å². The van der Waals surface area contributed by atoms with E-state index in [1.807, 2.05) is 12.1 Å². The van der Waals surface area contributed by atoms with Gasteiger partial charge >= 0.3 is 0 Å². The number of benzene rings is 1. The molecule has 0 spiro atoms. The number of aromatic hydroxyl groups is 1. The normalized spacial score (nSPS) is 12.6. The van der Waals surface area contributed by atoms with E-state index in [4.69, 9.17) is 0 Å². The van der Waals surface area contributed by atoms with Crippen LogP contribution in [0.3, 0.4) is 0 Å². The second-order valence-electron chi connectivity index (χ2n) is 4.25. The quantitative estimate of drug-likeness (QED) is 0.741. The van der Waals surface area contributed by atoms with Crippen molar-refractivity contribution in [2.75, 3.05) is 6.54 Å². The topological polar surface area (TPSA) is 32.3 Å². The average molecular weight is 221 g/mol. The van der Waals surface area contributed by atoms with Crippen LogP contribution in [0.1, 0.15) is 38.7 Å². The molecule has 0 aliphatic heterocycles. The van der Waals surface area contributed by atoms with Gasteiger partial charge in [-0.2, -0.15) is 0 Å². The molecule has 1 rings (SSSR count). The van der Waals surface area contributed by atoms with Crippen molar-refractivity contribution < 1.29 is 5.11 Å². The Labute approximate surface area is 98.7 Å². The van der Waals surface area contributed by atoms with E-state index in [2.05, 4.69) is 19.2 Å². The van der Waals surface area contributed by atoms with Crippen LogP contribution < -0.4 is 5.32 Å². The van der Waals surface area contributed by atoms with E-state index < -0.39 is 0 Å². The van der Waals surface area contributed by atoms with E-state index in [9.17, 15) is 5.11 Å². The van der Waals surface area contributed by atoms with Gasteiger partial charge in [-0.15, -0.1) is 0 Å². The van der Waals surface area contributed by atoms with Crippen molar-refractivity contribution in [3.63, 3.8) is 0 Å². The van der Waals surface area contributed by atoms with Gasteiger partial charge in [-0.25, -0.2) is 0 Å². The Morgan fingerprint density at radius 1 is 1.12 bits per heavy atom. The van der Waals surface area contributed by atoms with Gasteiger partial charge in [-0.05, 0) is 43.5 Å². The monoisotopic (exact) mass is 221 g/mol. The van der Waals surface area contributed by atoms with Crippen molar-refractivity contribution in [3.8, 4) is 5.75 Å². The number of hydrogen-bond donors (Lipinski definition) is 2. The molecule has 0 bridgehead atoms. The van der Waals surface area contributed by atoms with Crippen molar-refractivity contribution in [2.24, 2.45) is 0 Å². The molecule has 1 aromatic carbocycles. The molecule has 2 N–H and O–H groups in total. The molecule has 0 amide bonds. The minimum atomic E-state index is 0.348. The Bertz CT molecular complexity index is 275. The van der Waals surface area contributed by atoms with E-state index in [1.54, 1.807) is 12.1 Å². The number of nitrogens with one attached hydrogen (secondary N) is 1. The summed E-state index contributed by atoms with van der Waals surface area (Å²) in [6.45, 7) is 5.42. The molecule has 2 heteroatoms. The van der Waals surface area contributed by atoms with Crippen LogP contribution in [0.4, 0.5) is 0 Å². The summed E-state index contributed by atoms with van der Waals surface area (Å²) in [7, 11) is 0. The summed E-state index contributed by atoms with van der Waals surface area (Å²) in [5.41, 5.74) is 1.30. The first kappa shape index (κ1) is 13.0. The van der Waals surface area contributed by atoms with Crippen LogP contribution in [0, 0.1) is 0 Å². The maximum atomic E-state index is 9.19. The molecule has 0 aliphatic carbocycles. The molecule has 0 heterocycles. The smallest absolute Gasteiger partial charge is 0.115 e. The largest absolute Gasteiger partial charge is 0.508 e. The lowest BCUT2D eigenvalue weighted by atomic mass is 10.0. The number of hydrogen-bond acceptors (Lipinski definition) is 2. The molecule has 1 aromatic rings. The third-order valence-electron chi connectivity index (χ3n) is 2.85. The van der Waals surface area contributed by atoms with Crippen molar-refractivity contribution in [1.82, 2.24) is 5.32 Å². The third kappa shape index (κ3) is 4.67. The minimum absolute atomic E-state index is 0.348. The minimum Gasteiger partial charge on any atom is -0.508 e. The lowest BCUT2D eigenvalue weighted by Gasteiger charge is -2.16. The highest BCUT2D eigenvalue weighted by Gasteiger charge is 2.05. The zero-order valence-corrected chi connectivity index (χ0v) is 10.4. The maximum Gasteiger partial charge on any atom is 0.115 e. The fourth-order valence-corrected chi connectivity index (χ4v) is 1.99. The van der Waals surface area contributed by atoms with Gasteiger partial charge in [0.25, 0.3) is 0 Å². The standard InChI is InChI=1S/C14H23NO/c1-3-5-13(15-4-2)9-6-12-7-10-14(16)11-8-12/h7-8,10-11,13,15-16H,3-6,9H2,1-2H3. The van der Waals surface area contributed by atoms with Crippen LogP contribution in [0.5, 0.6) is 5.75 Å². The molecule has 0 saturated carbocycles. The fourth-order valence-electron chi connectivity index (χ4n) is 1.99. The highest BCUT2D eigenvalue weighted by atomic mass is 16.3. The first-order valence-electron chi connectivity index (χ1n) is 6.27. The van der Waals surface area contributed by atoms with Gasteiger partial charge in [0.15, 0.2) is 0 Å². The Morgan fingerprint density at radius 2 is 1.81 bits per heavy atom. The molecular weight excluding hydrogens is 198 g/mol. The fraction of sp³-hybridized carbons (Fsp3) is 0.571. The Kier molecular flexibility index (Phi) is 5.94. The van der Waals surface area contributed by atoms with Crippen molar-refractivity contribution >= 4 is 0 Å². The second kappa shape index (κ2) is 7.29. The SMILES string of the molecule is CCCC(CCc1ccc(O)cc1)NCC. The lowest BCUT2D eigenvalue weighted by molar-refractivity contribution is 0.459. The van der Waals surface area contributed by atoms with E-state index in [1.165, 1.54) is 24.8 Å². The molecule has 1 unspecified atom stereocenters. The predicted molar refractivity (Wildman–Crippen MR) is 68.8 cm³/mol. The summed E-state index contributed by atoms with van der Waals surface area (Å²) in [5.74, 6) is 0.348. The van der Waals surface area contributed by atoms with Crippen LogP contribution in [-0.2, 0) is 6.42 Å². The number of phenols is 1. The van der Waals surface area contributed by atoms with Crippen LogP contribution in [0.15, 0.2) is 24.3 Å². The van der Waals surface area contributed by atoms with Gasteiger partial charge in [-0.1, -0.05) is 32.4 Å². The highest BCUT2D eigenvalue weighted by molar-refractivity contribution is 5.25. The van der Waals surface area contributed by atoms with Crippen molar-refractivity contribution in [3.05, 3.63) is 29.8 Å². The van der Waals surface area contributed by atoms with Gasteiger partial charge in [0.05, 0.1) is 0 Å². The van der Waals surface area contributed by atoms with Gasteiger partial charge in [0, 0.05) is 6.04 Å². The van der Waals surface area contributed by atoms with Gasteiger partial charge in [0.1, 0.15) is 5.75 Å². The van der Waals surface area contributed by atoms with Crippen molar-refractivity contribution in [2.45, 2.75) is 45.6 Å². The summed E-state index contributed by atoms with van der Waals surface area (Å²) < 4.78 is 0. The molecule has 16 heavy (non-hydrogen) atoms. The average Bonchev–Trinajstić information content (AvgIpc) is 2.29. The second-order valence-corrected chi connectivity index (χ2v) is 4.25. The molecular formula is C14H23NO. The Morgan fingerprint density at radius 3 is 2.38 bits per heavy atom. The first-order valence-corrected chi connectivity index (χ1v) is 6.27. The maximum absolute atomic E-state index is 9.19. The van der Waals surface area contributed by atoms with Crippen LogP contribution in [0.25, 0.3) is 0 Å². The molecule has 0 radical (unpaired) electrons. The van der Waals surface area contributed by atoms with E-state index in [0.29, 0.717) is 11.8 Å².